The first kappa shape index (κ1) is 24.1. The minimum atomic E-state index is -4.86. The molecule has 1 aliphatic carbocycles. The minimum Gasteiger partial charge on any atom is -0.406 e. The van der Waals surface area contributed by atoms with Crippen LogP contribution in [0, 0.1) is 0 Å². The highest BCUT2D eigenvalue weighted by Gasteiger charge is 2.65. The van der Waals surface area contributed by atoms with Crippen LogP contribution in [-0.2, 0) is 21.4 Å². The van der Waals surface area contributed by atoms with Crippen molar-refractivity contribution in [3.8, 4) is 5.75 Å². The highest BCUT2D eigenvalue weighted by molar-refractivity contribution is 7.94. The fourth-order valence-electron chi connectivity index (χ4n) is 3.98. The molecule has 2 fully saturated rings. The van der Waals surface area contributed by atoms with Gasteiger partial charge in [-0.25, -0.2) is 23.1 Å². The Hall–Kier alpha value is -3.65. The molecule has 1 spiro atoms. The molecule has 5 rings (SSSR count). The van der Waals surface area contributed by atoms with Crippen LogP contribution in [0.4, 0.5) is 29.5 Å². The number of carbonyl (C=O) groups excluding carboxylic acids is 2. The molecule has 1 N–H and O–H groups in total. The number of ether oxygens (including phenoxy) is 1. The lowest BCUT2D eigenvalue weighted by Gasteiger charge is -2.21. The number of amides is 3. The summed E-state index contributed by atoms with van der Waals surface area (Å²) in [5.41, 5.74) is -0.387. The summed E-state index contributed by atoms with van der Waals surface area (Å²) in [5.74, 6) is -0.886. The van der Waals surface area contributed by atoms with Gasteiger partial charge in [0.25, 0.3) is 15.9 Å². The molecule has 0 atom stereocenters. The Labute approximate surface area is 207 Å². The second kappa shape index (κ2) is 8.48. The van der Waals surface area contributed by atoms with Crippen LogP contribution in [0.1, 0.15) is 18.4 Å². The Morgan fingerprint density at radius 1 is 1.11 bits per heavy atom. The molecule has 9 nitrogen and oxygen atoms in total. The van der Waals surface area contributed by atoms with Gasteiger partial charge in [0.1, 0.15) is 21.3 Å². The SMILES string of the molecule is O=C1N(c2ccc(OC(F)(F)F)cc2)C(=O)C2(CC2)N1Cc1ccnc(NS(=O)(=O)c2cccs2)c1. The number of thiophene rings is 1. The molecule has 1 saturated carbocycles. The monoisotopic (exact) mass is 538 g/mol. The number of aromatic nitrogens is 1. The van der Waals surface area contributed by atoms with Crippen LogP contribution in [-0.4, -0.2) is 42.1 Å². The molecule has 2 aliphatic rings. The summed E-state index contributed by atoms with van der Waals surface area (Å²) >= 11 is 1.05. The zero-order valence-electron chi connectivity index (χ0n) is 18.2. The summed E-state index contributed by atoms with van der Waals surface area (Å²) in [5, 5.41) is 1.63. The third kappa shape index (κ3) is 4.48. The smallest absolute Gasteiger partial charge is 0.406 e. The van der Waals surface area contributed by atoms with Crippen molar-refractivity contribution in [2.75, 3.05) is 9.62 Å². The van der Waals surface area contributed by atoms with Gasteiger partial charge >= 0.3 is 12.4 Å². The maximum absolute atomic E-state index is 13.3. The van der Waals surface area contributed by atoms with Crippen molar-refractivity contribution in [3.63, 3.8) is 0 Å². The molecule has 1 aromatic carbocycles. The maximum atomic E-state index is 13.3. The highest BCUT2D eigenvalue weighted by Crippen LogP contribution is 2.49. The summed E-state index contributed by atoms with van der Waals surface area (Å²) in [6.45, 7) is 0.00654. The third-order valence-corrected chi connectivity index (χ3v) is 8.51. The van der Waals surface area contributed by atoms with Gasteiger partial charge in [0.15, 0.2) is 0 Å². The topological polar surface area (TPSA) is 109 Å². The van der Waals surface area contributed by atoms with Gasteiger partial charge in [0.05, 0.1) is 5.69 Å². The van der Waals surface area contributed by atoms with Crippen LogP contribution in [0.25, 0.3) is 0 Å². The maximum Gasteiger partial charge on any atom is 0.573 e. The molecular weight excluding hydrogens is 521 g/mol. The first-order valence-electron chi connectivity index (χ1n) is 10.5. The summed E-state index contributed by atoms with van der Waals surface area (Å²) < 4.78 is 68.7. The number of nitrogens with one attached hydrogen (secondary N) is 1. The fraction of sp³-hybridized carbons (Fsp3) is 0.227. The number of urea groups is 1. The van der Waals surface area contributed by atoms with Crippen LogP contribution in [0.15, 0.2) is 64.3 Å². The Morgan fingerprint density at radius 2 is 1.83 bits per heavy atom. The summed E-state index contributed by atoms with van der Waals surface area (Å²) in [4.78, 5) is 32.8. The zero-order chi connectivity index (χ0) is 25.7. The van der Waals surface area contributed by atoms with E-state index in [0.717, 1.165) is 28.4 Å². The Kier molecular flexibility index (Phi) is 5.67. The molecule has 14 heteroatoms. The van der Waals surface area contributed by atoms with Crippen molar-refractivity contribution in [1.82, 2.24) is 9.88 Å². The lowest BCUT2D eigenvalue weighted by molar-refractivity contribution is -0.274. The Morgan fingerprint density at radius 3 is 2.44 bits per heavy atom. The molecule has 188 valence electrons. The summed E-state index contributed by atoms with van der Waals surface area (Å²) in [7, 11) is -3.82. The highest BCUT2D eigenvalue weighted by atomic mass is 32.2. The second-order valence-corrected chi connectivity index (χ2v) is 11.0. The van der Waals surface area contributed by atoms with Crippen LogP contribution in [0.2, 0.25) is 0 Å². The number of pyridine rings is 1. The van der Waals surface area contributed by atoms with Crippen molar-refractivity contribution in [1.29, 1.82) is 0 Å². The van der Waals surface area contributed by atoms with E-state index in [4.69, 9.17) is 0 Å². The van der Waals surface area contributed by atoms with Gasteiger partial charge in [-0.2, -0.15) is 0 Å². The lowest BCUT2D eigenvalue weighted by Crippen LogP contribution is -2.36. The average molecular weight is 539 g/mol. The van der Waals surface area contributed by atoms with Crippen molar-refractivity contribution >= 4 is 44.8 Å². The van der Waals surface area contributed by atoms with E-state index in [0.29, 0.717) is 18.4 Å². The van der Waals surface area contributed by atoms with E-state index in [9.17, 15) is 31.2 Å². The number of sulfonamides is 1. The van der Waals surface area contributed by atoms with Gasteiger partial charge in [-0.05, 0) is 66.2 Å². The van der Waals surface area contributed by atoms with E-state index in [1.165, 1.54) is 35.4 Å². The van der Waals surface area contributed by atoms with E-state index in [2.05, 4.69) is 14.4 Å². The van der Waals surface area contributed by atoms with Gasteiger partial charge in [-0.1, -0.05) is 6.07 Å². The van der Waals surface area contributed by atoms with E-state index >= 15 is 0 Å². The predicted molar refractivity (Wildman–Crippen MR) is 123 cm³/mol. The third-order valence-electron chi connectivity index (χ3n) is 5.76. The molecule has 36 heavy (non-hydrogen) atoms. The summed E-state index contributed by atoms with van der Waals surface area (Å²) in [6.07, 6.45) is -2.60. The van der Waals surface area contributed by atoms with E-state index in [-0.39, 0.29) is 22.3 Å². The number of halogens is 3. The van der Waals surface area contributed by atoms with Gasteiger partial charge < -0.3 is 9.64 Å². The van der Waals surface area contributed by atoms with Crippen LogP contribution < -0.4 is 14.4 Å². The van der Waals surface area contributed by atoms with E-state index in [1.54, 1.807) is 17.5 Å². The van der Waals surface area contributed by atoms with Gasteiger partial charge in [-0.3, -0.25) is 9.52 Å². The first-order chi connectivity index (χ1) is 17.0. The quantitative estimate of drug-likeness (QED) is 0.448. The molecule has 0 unspecified atom stereocenters. The van der Waals surface area contributed by atoms with Crippen LogP contribution in [0.3, 0.4) is 0 Å². The van der Waals surface area contributed by atoms with Gasteiger partial charge in [0, 0.05) is 12.7 Å². The number of nitrogens with zero attached hydrogens (tertiary/aromatic N) is 3. The number of anilines is 2. The second-order valence-electron chi connectivity index (χ2n) is 8.17. The number of rotatable bonds is 7. The van der Waals surface area contributed by atoms with Gasteiger partial charge in [0.2, 0.25) is 0 Å². The Balaban J connectivity index is 1.35. The molecule has 3 amide bonds. The minimum absolute atomic E-state index is 0.00654. The summed E-state index contributed by atoms with van der Waals surface area (Å²) in [6, 6.07) is 9.99. The first-order valence-corrected chi connectivity index (χ1v) is 12.9. The van der Waals surface area contributed by atoms with Crippen LogP contribution in [0.5, 0.6) is 5.75 Å². The number of hydrogen-bond acceptors (Lipinski definition) is 7. The van der Waals surface area contributed by atoms with Crippen molar-refractivity contribution < 1.29 is 35.9 Å². The largest absolute Gasteiger partial charge is 0.573 e. The molecule has 0 bridgehead atoms. The Bertz CT molecular complexity index is 1420. The lowest BCUT2D eigenvalue weighted by atomic mass is 10.2. The van der Waals surface area contributed by atoms with Crippen LogP contribution >= 0.6 is 11.3 Å². The molecule has 1 aliphatic heterocycles. The zero-order valence-corrected chi connectivity index (χ0v) is 19.9. The fourth-order valence-corrected chi connectivity index (χ4v) is 5.97. The number of hydrogen-bond donors (Lipinski definition) is 1. The molecule has 1 saturated heterocycles. The number of benzene rings is 1. The standard InChI is InChI=1S/C22H17F3N4O5S2/c23-22(24,25)34-16-5-3-15(4-6-16)29-19(30)21(8-9-21)28(20(29)31)13-14-7-10-26-17(12-14)27-36(32,33)18-2-1-11-35-18/h1-7,10-12H,8-9,13H2,(H,26,27). The van der Waals surface area contributed by atoms with E-state index < -0.39 is 39.6 Å². The number of carbonyl (C=O) groups is 2. The average Bonchev–Trinajstić information content (AvgIpc) is 3.34. The normalized spacial score (nSPS) is 17.1. The van der Waals surface area contributed by atoms with E-state index in [1.807, 2.05) is 0 Å². The van der Waals surface area contributed by atoms with Crippen molar-refractivity contribution in [2.24, 2.45) is 0 Å². The molecular formula is C22H17F3N4O5S2. The molecule has 3 heterocycles. The number of alkyl halides is 3. The van der Waals surface area contributed by atoms with Crippen molar-refractivity contribution in [2.45, 2.75) is 35.5 Å². The number of imide groups is 1. The van der Waals surface area contributed by atoms with Crippen molar-refractivity contribution in [3.05, 3.63) is 65.7 Å². The van der Waals surface area contributed by atoms with Gasteiger partial charge in [-0.15, -0.1) is 24.5 Å². The predicted octanol–water partition coefficient (Wildman–Crippen LogP) is 4.34. The molecule has 3 aromatic rings. The molecule has 2 aromatic heterocycles. The molecule has 0 radical (unpaired) electrons.